The Kier molecular flexibility index (Phi) is 6.59. The van der Waals surface area contributed by atoms with E-state index in [1.807, 2.05) is 42.5 Å². The number of aromatic nitrogens is 1. The molecule has 30 heavy (non-hydrogen) atoms. The van der Waals surface area contributed by atoms with Crippen molar-refractivity contribution in [1.82, 2.24) is 0 Å². The molecule has 5 nitrogen and oxygen atoms in total. The number of fused-ring (bicyclic) bond motifs is 1. The summed E-state index contributed by atoms with van der Waals surface area (Å²) in [5, 5.41) is 12.0. The molecule has 0 aliphatic rings. The third kappa shape index (κ3) is 4.39. The van der Waals surface area contributed by atoms with Crippen molar-refractivity contribution in [3.8, 4) is 11.3 Å². The molecule has 0 unspecified atom stereocenters. The number of nitro benzene ring substituents is 1. The molecule has 0 spiro atoms. The molecule has 0 amide bonds. The monoisotopic (exact) mass is 462 g/mol. The number of hydrogen-bond acceptors (Lipinski definition) is 3. The minimum atomic E-state index is -0.415. The molecule has 0 fully saturated rings. The lowest BCUT2D eigenvalue weighted by atomic mass is 10.1. The van der Waals surface area contributed by atoms with Gasteiger partial charge in [-0.1, -0.05) is 18.7 Å². The fraction of sp³-hybridized carbons (Fsp3) is 0.0417. The summed E-state index contributed by atoms with van der Waals surface area (Å²) >= 11 is 0. The van der Waals surface area contributed by atoms with Gasteiger partial charge in [0.15, 0.2) is 6.54 Å². The van der Waals surface area contributed by atoms with Crippen LogP contribution < -0.4 is 21.5 Å². The van der Waals surface area contributed by atoms with Gasteiger partial charge in [-0.2, -0.15) is 4.57 Å². The maximum absolute atomic E-state index is 10.8. The van der Waals surface area contributed by atoms with Gasteiger partial charge in [0.1, 0.15) is 11.5 Å². The van der Waals surface area contributed by atoms with Crippen molar-refractivity contribution < 1.29 is 30.9 Å². The Labute approximate surface area is 184 Å². The molecule has 0 atom stereocenters. The van der Waals surface area contributed by atoms with Crippen LogP contribution in [-0.2, 0) is 6.54 Å². The van der Waals surface area contributed by atoms with E-state index in [0.29, 0.717) is 18.1 Å². The average Bonchev–Trinajstić information content (AvgIpc) is 3.22. The SMILES string of the molecule is C=CC[n+]1c(C=Cc2ccc(-c3ccc([N+](=O)[O-])cc3)o2)ccc2ccccc21.[Br-]. The predicted octanol–water partition coefficient (Wildman–Crippen LogP) is 2.66. The van der Waals surface area contributed by atoms with Gasteiger partial charge in [0.2, 0.25) is 11.2 Å². The second-order valence-electron chi connectivity index (χ2n) is 6.56. The lowest BCUT2D eigenvalue weighted by Gasteiger charge is -2.02. The van der Waals surface area contributed by atoms with Crippen LogP contribution in [0.1, 0.15) is 11.5 Å². The summed E-state index contributed by atoms with van der Waals surface area (Å²) < 4.78 is 8.09. The van der Waals surface area contributed by atoms with Crippen LogP contribution in [0.2, 0.25) is 0 Å². The summed E-state index contributed by atoms with van der Waals surface area (Å²) in [5.41, 5.74) is 3.03. The number of hydrogen-bond donors (Lipinski definition) is 0. The lowest BCUT2D eigenvalue weighted by molar-refractivity contribution is -0.662. The standard InChI is InChI=1S/C24H19N2O3.BrH/c1-2-17-25-20(10-7-18-5-3-4-6-23(18)25)13-14-22-15-16-24(29-22)19-8-11-21(12-9-19)26(27)28;/h2-16H,1,17H2;1H/q+1;/p-1. The van der Waals surface area contributed by atoms with Gasteiger partial charge in [-0.15, -0.1) is 0 Å². The van der Waals surface area contributed by atoms with Crippen molar-refractivity contribution in [3.63, 3.8) is 0 Å². The van der Waals surface area contributed by atoms with Crippen LogP contribution >= 0.6 is 0 Å². The zero-order chi connectivity index (χ0) is 20.2. The van der Waals surface area contributed by atoms with Crippen molar-refractivity contribution >= 4 is 28.7 Å². The van der Waals surface area contributed by atoms with E-state index in [4.69, 9.17) is 4.42 Å². The van der Waals surface area contributed by atoms with Crippen LogP contribution in [0.15, 0.2) is 89.9 Å². The first kappa shape index (κ1) is 21.2. The summed E-state index contributed by atoms with van der Waals surface area (Å²) in [6.07, 6.45) is 5.80. The zero-order valence-corrected chi connectivity index (χ0v) is 17.7. The number of pyridine rings is 1. The molecular formula is C24H19BrN2O3. The minimum Gasteiger partial charge on any atom is -1.00 e. The molecule has 150 valence electrons. The number of non-ortho nitro benzene ring substituents is 1. The van der Waals surface area contributed by atoms with Gasteiger partial charge in [-0.25, -0.2) is 0 Å². The molecule has 0 N–H and O–H groups in total. The van der Waals surface area contributed by atoms with E-state index >= 15 is 0 Å². The van der Waals surface area contributed by atoms with Gasteiger partial charge in [0, 0.05) is 41.3 Å². The molecule has 0 aliphatic carbocycles. The van der Waals surface area contributed by atoms with Gasteiger partial charge in [0.25, 0.3) is 5.69 Å². The van der Waals surface area contributed by atoms with Crippen molar-refractivity contribution in [2.75, 3.05) is 0 Å². The van der Waals surface area contributed by atoms with Crippen LogP contribution in [0, 0.1) is 10.1 Å². The molecule has 2 aromatic heterocycles. The minimum absolute atomic E-state index is 0. The number of para-hydroxylation sites is 1. The molecule has 4 aromatic rings. The summed E-state index contributed by atoms with van der Waals surface area (Å²) in [4.78, 5) is 10.4. The van der Waals surface area contributed by atoms with Crippen LogP contribution in [0.5, 0.6) is 0 Å². The maximum atomic E-state index is 10.8. The Hall–Kier alpha value is -3.51. The maximum Gasteiger partial charge on any atom is 0.269 e. The van der Waals surface area contributed by atoms with Gasteiger partial charge < -0.3 is 21.4 Å². The lowest BCUT2D eigenvalue weighted by Crippen LogP contribution is -3.00. The molecule has 0 radical (unpaired) electrons. The Bertz CT molecular complexity index is 1230. The molecule has 0 bridgehead atoms. The summed E-state index contributed by atoms with van der Waals surface area (Å²) in [7, 11) is 0. The van der Waals surface area contributed by atoms with E-state index in [1.54, 1.807) is 12.1 Å². The highest BCUT2D eigenvalue weighted by Crippen LogP contribution is 2.25. The van der Waals surface area contributed by atoms with E-state index < -0.39 is 4.92 Å². The Morgan fingerprint density at radius 2 is 1.73 bits per heavy atom. The average molecular weight is 463 g/mol. The first-order valence-electron chi connectivity index (χ1n) is 9.21. The number of allylic oxidation sites excluding steroid dienone is 1. The van der Waals surface area contributed by atoms with E-state index in [1.165, 1.54) is 17.5 Å². The largest absolute Gasteiger partial charge is 1.00 e. The quantitative estimate of drug-likeness (QED) is 0.191. The molecule has 2 heterocycles. The Morgan fingerprint density at radius 1 is 0.967 bits per heavy atom. The third-order valence-corrected chi connectivity index (χ3v) is 4.69. The number of benzene rings is 2. The topological polar surface area (TPSA) is 60.2 Å². The first-order chi connectivity index (χ1) is 14.2. The van der Waals surface area contributed by atoms with E-state index in [0.717, 1.165) is 16.8 Å². The summed E-state index contributed by atoms with van der Waals surface area (Å²) in [6.45, 7) is 4.57. The van der Waals surface area contributed by atoms with Crippen molar-refractivity contribution in [3.05, 3.63) is 107 Å². The van der Waals surface area contributed by atoms with E-state index in [9.17, 15) is 10.1 Å². The second-order valence-corrected chi connectivity index (χ2v) is 6.56. The summed E-state index contributed by atoms with van der Waals surface area (Å²) in [5.74, 6) is 1.37. The molecule has 0 aliphatic heterocycles. The number of halogens is 1. The molecule has 6 heteroatoms. The molecule has 4 rings (SSSR count). The third-order valence-electron chi connectivity index (χ3n) is 4.69. The molecule has 2 aromatic carbocycles. The fourth-order valence-electron chi connectivity index (χ4n) is 3.27. The van der Waals surface area contributed by atoms with Crippen molar-refractivity contribution in [1.29, 1.82) is 0 Å². The van der Waals surface area contributed by atoms with E-state index in [2.05, 4.69) is 35.4 Å². The number of nitro groups is 1. The van der Waals surface area contributed by atoms with Gasteiger partial charge in [-0.3, -0.25) is 10.1 Å². The van der Waals surface area contributed by atoms with Crippen LogP contribution in [0.3, 0.4) is 0 Å². The van der Waals surface area contributed by atoms with Crippen LogP contribution in [0.4, 0.5) is 5.69 Å². The molecular weight excluding hydrogens is 444 g/mol. The normalized spacial score (nSPS) is 10.8. The highest BCUT2D eigenvalue weighted by atomic mass is 79.9. The number of rotatable bonds is 6. The van der Waals surface area contributed by atoms with Crippen molar-refractivity contribution in [2.45, 2.75) is 6.54 Å². The molecule has 0 saturated heterocycles. The first-order valence-corrected chi connectivity index (χ1v) is 9.21. The number of furan rings is 1. The van der Waals surface area contributed by atoms with Gasteiger partial charge >= 0.3 is 0 Å². The summed E-state index contributed by atoms with van der Waals surface area (Å²) in [6, 6.07) is 22.5. The Balaban J connectivity index is 0.00000256. The highest BCUT2D eigenvalue weighted by Gasteiger charge is 2.12. The fourth-order valence-corrected chi connectivity index (χ4v) is 3.27. The van der Waals surface area contributed by atoms with E-state index in [-0.39, 0.29) is 22.7 Å². The Morgan fingerprint density at radius 3 is 2.47 bits per heavy atom. The van der Waals surface area contributed by atoms with Crippen LogP contribution in [-0.4, -0.2) is 4.92 Å². The van der Waals surface area contributed by atoms with Gasteiger partial charge in [0.05, 0.1) is 4.92 Å². The van der Waals surface area contributed by atoms with Crippen LogP contribution in [0.25, 0.3) is 34.4 Å². The number of nitrogens with zero attached hydrogens (tertiary/aromatic N) is 2. The second kappa shape index (κ2) is 9.33. The molecule has 0 saturated carbocycles. The van der Waals surface area contributed by atoms with Gasteiger partial charge in [-0.05, 0) is 48.6 Å². The zero-order valence-electron chi connectivity index (χ0n) is 16.1. The van der Waals surface area contributed by atoms with Crippen molar-refractivity contribution in [2.24, 2.45) is 0 Å². The smallest absolute Gasteiger partial charge is 0.269 e. The highest BCUT2D eigenvalue weighted by molar-refractivity contribution is 5.77. The predicted molar refractivity (Wildman–Crippen MR) is 114 cm³/mol.